The molecule has 0 N–H and O–H groups in total. The summed E-state index contributed by atoms with van der Waals surface area (Å²) in [6, 6.07) is 5.14. The van der Waals surface area contributed by atoms with E-state index in [2.05, 4.69) is 0 Å². The Balaban J connectivity index is 2.83. The summed E-state index contributed by atoms with van der Waals surface area (Å²) in [7, 11) is 0. The van der Waals surface area contributed by atoms with Gasteiger partial charge in [0, 0.05) is 33.0 Å². The molecular formula is C17H24Cl2N2O2. The van der Waals surface area contributed by atoms with Crippen LogP contribution in [0.5, 0.6) is 0 Å². The molecule has 0 unspecified atom stereocenters. The third-order valence-corrected chi connectivity index (χ3v) is 4.30. The third kappa shape index (κ3) is 5.70. The summed E-state index contributed by atoms with van der Waals surface area (Å²) in [6.45, 7) is 7.32. The van der Waals surface area contributed by atoms with E-state index in [-0.39, 0.29) is 24.8 Å². The zero-order valence-corrected chi connectivity index (χ0v) is 15.5. The SMILES string of the molecule is CCCN(CCC)C(=O)CCN(C(C)=O)c1cccc(Cl)c1Cl. The number of carbonyl (C=O) groups excluding carboxylic acids is 2. The van der Waals surface area contributed by atoms with Crippen LogP contribution in [0.4, 0.5) is 5.69 Å². The first-order chi connectivity index (χ1) is 10.9. The van der Waals surface area contributed by atoms with Crippen molar-refractivity contribution in [1.82, 2.24) is 4.90 Å². The lowest BCUT2D eigenvalue weighted by molar-refractivity contribution is -0.131. The van der Waals surface area contributed by atoms with Gasteiger partial charge in [-0.3, -0.25) is 9.59 Å². The van der Waals surface area contributed by atoms with E-state index in [0.717, 1.165) is 25.9 Å². The number of rotatable bonds is 8. The molecule has 4 nitrogen and oxygen atoms in total. The van der Waals surface area contributed by atoms with Crippen molar-refractivity contribution in [3.05, 3.63) is 28.2 Å². The normalized spacial score (nSPS) is 10.5. The van der Waals surface area contributed by atoms with Gasteiger partial charge in [-0.05, 0) is 25.0 Å². The van der Waals surface area contributed by atoms with Crippen molar-refractivity contribution in [3.63, 3.8) is 0 Å². The predicted octanol–water partition coefficient (Wildman–Crippen LogP) is 4.39. The number of halogens is 2. The van der Waals surface area contributed by atoms with Gasteiger partial charge in [-0.15, -0.1) is 0 Å². The van der Waals surface area contributed by atoms with Crippen molar-refractivity contribution in [2.75, 3.05) is 24.5 Å². The summed E-state index contributed by atoms with van der Waals surface area (Å²) >= 11 is 12.2. The van der Waals surface area contributed by atoms with Crippen LogP contribution in [0.1, 0.15) is 40.0 Å². The molecule has 0 bridgehead atoms. The van der Waals surface area contributed by atoms with Gasteiger partial charge < -0.3 is 9.80 Å². The van der Waals surface area contributed by atoms with Crippen molar-refractivity contribution in [3.8, 4) is 0 Å². The molecule has 2 amide bonds. The molecule has 0 saturated carbocycles. The van der Waals surface area contributed by atoms with Crippen molar-refractivity contribution < 1.29 is 9.59 Å². The van der Waals surface area contributed by atoms with Crippen LogP contribution < -0.4 is 4.90 Å². The lowest BCUT2D eigenvalue weighted by Crippen LogP contribution is -2.37. The van der Waals surface area contributed by atoms with Crippen LogP contribution in [-0.2, 0) is 9.59 Å². The average Bonchev–Trinajstić information content (AvgIpc) is 2.50. The van der Waals surface area contributed by atoms with Crippen molar-refractivity contribution in [1.29, 1.82) is 0 Å². The maximum absolute atomic E-state index is 12.4. The van der Waals surface area contributed by atoms with Gasteiger partial charge in [0.05, 0.1) is 15.7 Å². The van der Waals surface area contributed by atoms with Crippen LogP contribution in [0.25, 0.3) is 0 Å². The number of hydrogen-bond acceptors (Lipinski definition) is 2. The van der Waals surface area contributed by atoms with Crippen LogP contribution in [-0.4, -0.2) is 36.3 Å². The largest absolute Gasteiger partial charge is 0.343 e. The molecule has 6 heteroatoms. The van der Waals surface area contributed by atoms with Gasteiger partial charge in [-0.25, -0.2) is 0 Å². The van der Waals surface area contributed by atoms with E-state index >= 15 is 0 Å². The summed E-state index contributed by atoms with van der Waals surface area (Å²) in [4.78, 5) is 27.7. The van der Waals surface area contributed by atoms with E-state index < -0.39 is 0 Å². The Bertz CT molecular complexity index is 543. The highest BCUT2D eigenvalue weighted by atomic mass is 35.5. The van der Waals surface area contributed by atoms with E-state index in [4.69, 9.17) is 23.2 Å². The Morgan fingerprint density at radius 3 is 2.17 bits per heavy atom. The minimum absolute atomic E-state index is 0.0538. The lowest BCUT2D eigenvalue weighted by Gasteiger charge is -2.25. The molecule has 0 aliphatic rings. The zero-order chi connectivity index (χ0) is 17.4. The second-order valence-electron chi connectivity index (χ2n) is 5.37. The number of amides is 2. The summed E-state index contributed by atoms with van der Waals surface area (Å²) in [5.41, 5.74) is 0.539. The van der Waals surface area contributed by atoms with Crippen molar-refractivity contribution >= 4 is 40.7 Å². The Morgan fingerprint density at radius 1 is 1.04 bits per heavy atom. The highest BCUT2D eigenvalue weighted by Gasteiger charge is 2.19. The number of nitrogens with zero attached hydrogens (tertiary/aromatic N) is 2. The number of hydrogen-bond donors (Lipinski definition) is 0. The first-order valence-corrected chi connectivity index (χ1v) is 8.67. The fourth-order valence-corrected chi connectivity index (χ4v) is 2.81. The van der Waals surface area contributed by atoms with Crippen LogP contribution in [0.15, 0.2) is 18.2 Å². The van der Waals surface area contributed by atoms with E-state index in [1.165, 1.54) is 11.8 Å². The Hall–Kier alpha value is -1.26. The van der Waals surface area contributed by atoms with Crippen LogP contribution in [0.3, 0.4) is 0 Å². The number of benzene rings is 1. The Labute approximate surface area is 148 Å². The van der Waals surface area contributed by atoms with Gasteiger partial charge in [0.15, 0.2) is 0 Å². The molecule has 0 spiro atoms. The topological polar surface area (TPSA) is 40.6 Å². The van der Waals surface area contributed by atoms with Crippen LogP contribution >= 0.6 is 23.2 Å². The van der Waals surface area contributed by atoms with Gasteiger partial charge in [-0.2, -0.15) is 0 Å². The molecule has 1 rings (SSSR count). The van der Waals surface area contributed by atoms with E-state index in [0.29, 0.717) is 15.7 Å². The molecule has 0 atom stereocenters. The molecule has 23 heavy (non-hydrogen) atoms. The highest BCUT2D eigenvalue weighted by Crippen LogP contribution is 2.32. The molecule has 0 fully saturated rings. The van der Waals surface area contributed by atoms with Gasteiger partial charge in [-0.1, -0.05) is 43.1 Å². The molecule has 0 aromatic heterocycles. The number of carbonyl (C=O) groups is 2. The molecule has 0 radical (unpaired) electrons. The predicted molar refractivity (Wildman–Crippen MR) is 96.3 cm³/mol. The van der Waals surface area contributed by atoms with Crippen LogP contribution in [0.2, 0.25) is 10.0 Å². The summed E-state index contributed by atoms with van der Waals surface area (Å²) < 4.78 is 0. The number of anilines is 1. The monoisotopic (exact) mass is 358 g/mol. The second-order valence-corrected chi connectivity index (χ2v) is 6.16. The second kappa shape index (κ2) is 9.78. The summed E-state index contributed by atoms with van der Waals surface area (Å²) in [6.07, 6.45) is 2.10. The Morgan fingerprint density at radius 2 is 1.65 bits per heavy atom. The molecular weight excluding hydrogens is 335 g/mol. The fraction of sp³-hybridized carbons (Fsp3) is 0.529. The van der Waals surface area contributed by atoms with Gasteiger partial charge in [0.1, 0.15) is 0 Å². The summed E-state index contributed by atoms with van der Waals surface area (Å²) in [5, 5.41) is 0.719. The molecule has 128 valence electrons. The third-order valence-electron chi connectivity index (χ3n) is 3.49. The molecule has 1 aromatic rings. The smallest absolute Gasteiger partial charge is 0.224 e. The molecule has 0 aliphatic carbocycles. The van der Waals surface area contributed by atoms with Gasteiger partial charge in [0.2, 0.25) is 11.8 Å². The van der Waals surface area contributed by atoms with Crippen LogP contribution in [0, 0.1) is 0 Å². The quantitative estimate of drug-likeness (QED) is 0.691. The minimum atomic E-state index is -0.167. The maximum atomic E-state index is 12.4. The minimum Gasteiger partial charge on any atom is -0.343 e. The summed E-state index contributed by atoms with van der Waals surface area (Å²) in [5.74, 6) is -0.113. The first kappa shape index (κ1) is 19.8. The van der Waals surface area contributed by atoms with E-state index in [1.807, 2.05) is 18.7 Å². The lowest BCUT2D eigenvalue weighted by atomic mass is 10.2. The van der Waals surface area contributed by atoms with Crippen molar-refractivity contribution in [2.24, 2.45) is 0 Å². The molecule has 0 heterocycles. The van der Waals surface area contributed by atoms with Gasteiger partial charge in [0.25, 0.3) is 0 Å². The van der Waals surface area contributed by atoms with Gasteiger partial charge >= 0.3 is 0 Å². The molecule has 1 aromatic carbocycles. The van der Waals surface area contributed by atoms with E-state index in [9.17, 15) is 9.59 Å². The Kier molecular flexibility index (Phi) is 8.42. The standard InChI is InChI=1S/C17H24Cl2N2O2/c1-4-10-20(11-5-2)16(23)9-12-21(13(3)22)15-8-6-7-14(18)17(15)19/h6-8H,4-5,9-12H2,1-3H3. The first-order valence-electron chi connectivity index (χ1n) is 7.92. The van der Waals surface area contributed by atoms with E-state index in [1.54, 1.807) is 18.2 Å². The molecule has 0 saturated heterocycles. The molecule has 0 aliphatic heterocycles. The highest BCUT2D eigenvalue weighted by molar-refractivity contribution is 6.44. The average molecular weight is 359 g/mol. The zero-order valence-electron chi connectivity index (χ0n) is 13.9. The maximum Gasteiger partial charge on any atom is 0.224 e. The fourth-order valence-electron chi connectivity index (χ4n) is 2.42. The van der Waals surface area contributed by atoms with Crippen molar-refractivity contribution in [2.45, 2.75) is 40.0 Å².